The van der Waals surface area contributed by atoms with Gasteiger partial charge in [0, 0.05) is 38.6 Å². The van der Waals surface area contributed by atoms with E-state index in [2.05, 4.69) is 16.0 Å². The minimum Gasteiger partial charge on any atom is -0.377 e. The molecule has 0 saturated heterocycles. The van der Waals surface area contributed by atoms with Gasteiger partial charge in [-0.2, -0.15) is 0 Å². The third-order valence-electron chi connectivity index (χ3n) is 2.85. The van der Waals surface area contributed by atoms with Crippen LogP contribution in [0.25, 0.3) is 0 Å². The van der Waals surface area contributed by atoms with Crippen molar-refractivity contribution < 1.29 is 9.59 Å². The molecule has 3 amide bonds. The van der Waals surface area contributed by atoms with Crippen molar-refractivity contribution in [2.24, 2.45) is 0 Å². The molecule has 0 aliphatic heterocycles. The van der Waals surface area contributed by atoms with Crippen LogP contribution in [-0.2, 0) is 0 Å². The highest BCUT2D eigenvalue weighted by Crippen LogP contribution is 2.23. The van der Waals surface area contributed by atoms with Crippen LogP contribution in [0.15, 0.2) is 18.2 Å². The van der Waals surface area contributed by atoms with Gasteiger partial charge in [-0.3, -0.25) is 4.79 Å². The zero-order chi connectivity index (χ0) is 15.8. The first-order valence-corrected chi connectivity index (χ1v) is 7.14. The standard InChI is InChI=1S/C15H24N4O2/c1-5-9-17-14(20)12-10-11(18-15(21)16-6-2)7-8-13(12)19(3)4/h7-8,10H,5-6,9H2,1-4H3,(H,17,20)(H2,16,18,21). The van der Waals surface area contributed by atoms with E-state index < -0.39 is 0 Å². The summed E-state index contributed by atoms with van der Waals surface area (Å²) in [5.41, 5.74) is 1.95. The van der Waals surface area contributed by atoms with Crippen LogP contribution in [0.3, 0.4) is 0 Å². The molecule has 0 unspecified atom stereocenters. The Kier molecular flexibility index (Phi) is 6.52. The zero-order valence-corrected chi connectivity index (χ0v) is 13.1. The number of carbonyl (C=O) groups is 2. The van der Waals surface area contributed by atoms with Gasteiger partial charge >= 0.3 is 6.03 Å². The summed E-state index contributed by atoms with van der Waals surface area (Å²) in [5, 5.41) is 8.22. The largest absolute Gasteiger partial charge is 0.377 e. The van der Waals surface area contributed by atoms with Crippen LogP contribution in [0.4, 0.5) is 16.2 Å². The van der Waals surface area contributed by atoms with Crippen LogP contribution in [0.2, 0.25) is 0 Å². The van der Waals surface area contributed by atoms with Crippen molar-refractivity contribution in [1.82, 2.24) is 10.6 Å². The number of hydrogen-bond donors (Lipinski definition) is 3. The second kappa shape index (κ2) is 8.14. The molecule has 0 heterocycles. The van der Waals surface area contributed by atoms with Gasteiger partial charge < -0.3 is 20.9 Å². The molecule has 21 heavy (non-hydrogen) atoms. The predicted octanol–water partition coefficient (Wildman–Crippen LogP) is 2.03. The van der Waals surface area contributed by atoms with E-state index in [-0.39, 0.29) is 11.9 Å². The molecular weight excluding hydrogens is 268 g/mol. The predicted molar refractivity (Wildman–Crippen MR) is 86.1 cm³/mol. The molecule has 0 saturated carbocycles. The van der Waals surface area contributed by atoms with Crippen molar-refractivity contribution in [3.05, 3.63) is 23.8 Å². The highest BCUT2D eigenvalue weighted by atomic mass is 16.2. The second-order valence-electron chi connectivity index (χ2n) is 4.87. The first-order valence-electron chi connectivity index (χ1n) is 7.14. The number of benzene rings is 1. The molecule has 6 nitrogen and oxygen atoms in total. The number of nitrogens with one attached hydrogen (secondary N) is 3. The molecule has 0 radical (unpaired) electrons. The SMILES string of the molecule is CCCNC(=O)c1cc(NC(=O)NCC)ccc1N(C)C. The lowest BCUT2D eigenvalue weighted by Crippen LogP contribution is -2.29. The van der Waals surface area contributed by atoms with Gasteiger partial charge in [-0.1, -0.05) is 6.92 Å². The van der Waals surface area contributed by atoms with Gasteiger partial charge in [0.05, 0.1) is 5.56 Å². The van der Waals surface area contributed by atoms with Crippen LogP contribution in [0.5, 0.6) is 0 Å². The minimum absolute atomic E-state index is 0.139. The van der Waals surface area contributed by atoms with Crippen LogP contribution in [-0.4, -0.2) is 39.1 Å². The van der Waals surface area contributed by atoms with E-state index in [1.807, 2.05) is 38.9 Å². The smallest absolute Gasteiger partial charge is 0.319 e. The number of carbonyl (C=O) groups excluding carboxylic acids is 2. The summed E-state index contributed by atoms with van der Waals surface area (Å²) in [7, 11) is 3.76. The van der Waals surface area contributed by atoms with Gasteiger partial charge in [0.1, 0.15) is 0 Å². The van der Waals surface area contributed by atoms with Gasteiger partial charge in [-0.25, -0.2) is 4.79 Å². The van der Waals surface area contributed by atoms with Gasteiger partial charge in [0.25, 0.3) is 5.91 Å². The maximum absolute atomic E-state index is 12.2. The molecular formula is C15H24N4O2. The van der Waals surface area contributed by atoms with Gasteiger partial charge in [0.15, 0.2) is 0 Å². The summed E-state index contributed by atoms with van der Waals surface area (Å²) in [5.74, 6) is -0.139. The number of hydrogen-bond acceptors (Lipinski definition) is 3. The molecule has 6 heteroatoms. The van der Waals surface area contributed by atoms with Crippen molar-refractivity contribution in [2.45, 2.75) is 20.3 Å². The average molecular weight is 292 g/mol. The maximum atomic E-state index is 12.2. The Morgan fingerprint density at radius 3 is 2.43 bits per heavy atom. The minimum atomic E-state index is -0.282. The van der Waals surface area contributed by atoms with Crippen molar-refractivity contribution in [1.29, 1.82) is 0 Å². The highest BCUT2D eigenvalue weighted by molar-refractivity contribution is 6.01. The molecule has 0 fully saturated rings. The van der Waals surface area contributed by atoms with Crippen molar-refractivity contribution in [3.63, 3.8) is 0 Å². The number of rotatable bonds is 6. The van der Waals surface area contributed by atoms with Crippen molar-refractivity contribution in [2.75, 3.05) is 37.4 Å². The lowest BCUT2D eigenvalue weighted by Gasteiger charge is -2.18. The third kappa shape index (κ3) is 4.98. The topological polar surface area (TPSA) is 73.5 Å². The lowest BCUT2D eigenvalue weighted by atomic mass is 10.1. The Morgan fingerprint density at radius 2 is 1.86 bits per heavy atom. The van der Waals surface area contributed by atoms with E-state index in [1.165, 1.54) is 0 Å². The fraction of sp³-hybridized carbons (Fsp3) is 0.467. The Balaban J connectivity index is 3.00. The third-order valence-corrected chi connectivity index (χ3v) is 2.85. The van der Waals surface area contributed by atoms with E-state index in [1.54, 1.807) is 12.1 Å². The quantitative estimate of drug-likeness (QED) is 0.751. The number of nitrogens with zero attached hydrogens (tertiary/aromatic N) is 1. The molecule has 1 aromatic rings. The Labute approximate surface area is 125 Å². The first-order chi connectivity index (χ1) is 9.99. The van der Waals surface area contributed by atoms with E-state index in [9.17, 15) is 9.59 Å². The molecule has 3 N–H and O–H groups in total. The average Bonchev–Trinajstić information content (AvgIpc) is 2.44. The molecule has 116 valence electrons. The molecule has 0 bridgehead atoms. The normalized spacial score (nSPS) is 9.90. The van der Waals surface area contributed by atoms with Crippen LogP contribution in [0, 0.1) is 0 Å². The van der Waals surface area contributed by atoms with Crippen LogP contribution in [0.1, 0.15) is 30.6 Å². The Morgan fingerprint density at radius 1 is 1.14 bits per heavy atom. The van der Waals surface area contributed by atoms with Crippen LogP contribution < -0.4 is 20.9 Å². The van der Waals surface area contributed by atoms with E-state index in [4.69, 9.17) is 0 Å². The monoisotopic (exact) mass is 292 g/mol. The molecule has 0 aliphatic carbocycles. The van der Waals surface area contributed by atoms with Gasteiger partial charge in [-0.15, -0.1) is 0 Å². The molecule has 0 atom stereocenters. The maximum Gasteiger partial charge on any atom is 0.319 e. The molecule has 1 aromatic carbocycles. The van der Waals surface area contributed by atoms with Crippen molar-refractivity contribution in [3.8, 4) is 0 Å². The van der Waals surface area contributed by atoms with Gasteiger partial charge in [0.2, 0.25) is 0 Å². The summed E-state index contributed by atoms with van der Waals surface area (Å²) < 4.78 is 0. The summed E-state index contributed by atoms with van der Waals surface area (Å²) in [6.07, 6.45) is 0.875. The number of urea groups is 1. The first kappa shape index (κ1) is 16.8. The molecule has 0 spiro atoms. The molecule has 0 aromatic heterocycles. The fourth-order valence-corrected chi connectivity index (χ4v) is 1.86. The van der Waals surface area contributed by atoms with Gasteiger partial charge in [-0.05, 0) is 31.5 Å². The van der Waals surface area contributed by atoms with Crippen molar-refractivity contribution >= 4 is 23.3 Å². The second-order valence-corrected chi connectivity index (χ2v) is 4.87. The summed E-state index contributed by atoms with van der Waals surface area (Å²) in [6.45, 7) is 5.02. The van der Waals surface area contributed by atoms with Crippen LogP contribution >= 0.6 is 0 Å². The fourth-order valence-electron chi connectivity index (χ4n) is 1.86. The number of anilines is 2. The summed E-state index contributed by atoms with van der Waals surface area (Å²) in [6, 6.07) is 5.01. The zero-order valence-electron chi connectivity index (χ0n) is 13.1. The van der Waals surface area contributed by atoms with E-state index >= 15 is 0 Å². The van der Waals surface area contributed by atoms with E-state index in [0.29, 0.717) is 24.3 Å². The molecule has 0 aliphatic rings. The van der Waals surface area contributed by atoms with E-state index in [0.717, 1.165) is 12.1 Å². The highest BCUT2D eigenvalue weighted by Gasteiger charge is 2.14. The number of amides is 3. The Hall–Kier alpha value is -2.24. The summed E-state index contributed by atoms with van der Waals surface area (Å²) in [4.78, 5) is 25.6. The summed E-state index contributed by atoms with van der Waals surface area (Å²) >= 11 is 0. The Bertz CT molecular complexity index is 500. The molecule has 1 rings (SSSR count). The lowest BCUT2D eigenvalue weighted by molar-refractivity contribution is 0.0954.